The molecule has 1 unspecified atom stereocenters. The number of phenols is 1. The molecule has 0 radical (unpaired) electrons. The number of phenolic OH excluding ortho intramolecular Hbond substituents is 1. The molecule has 20 heavy (non-hydrogen) atoms. The lowest BCUT2D eigenvalue weighted by molar-refractivity contribution is 0.0277. The zero-order valence-electron chi connectivity index (χ0n) is 11.4. The first-order valence-electron chi connectivity index (χ1n) is 7.01. The van der Waals surface area contributed by atoms with Crippen molar-refractivity contribution in [2.24, 2.45) is 0 Å². The van der Waals surface area contributed by atoms with Crippen molar-refractivity contribution in [3.63, 3.8) is 0 Å². The molecule has 3 nitrogen and oxygen atoms in total. The second-order valence-corrected chi connectivity index (χ2v) is 5.11. The maximum Gasteiger partial charge on any atom is 0.119 e. The van der Waals surface area contributed by atoms with Crippen LogP contribution in [0.4, 0.5) is 0 Å². The Morgan fingerprint density at radius 1 is 1.10 bits per heavy atom. The van der Waals surface area contributed by atoms with Gasteiger partial charge in [0.2, 0.25) is 0 Å². The summed E-state index contributed by atoms with van der Waals surface area (Å²) in [5.74, 6) is 0.358. The van der Waals surface area contributed by atoms with E-state index in [1.807, 2.05) is 18.2 Å². The van der Waals surface area contributed by atoms with Crippen LogP contribution in [0.5, 0.6) is 5.75 Å². The fraction of sp³-hybridized carbons (Fsp3) is 0.294. The highest BCUT2D eigenvalue weighted by molar-refractivity contribution is 5.37. The lowest BCUT2D eigenvalue weighted by Gasteiger charge is -2.24. The molecule has 0 spiro atoms. The van der Waals surface area contributed by atoms with E-state index in [1.54, 1.807) is 6.07 Å². The summed E-state index contributed by atoms with van der Waals surface area (Å²) in [4.78, 5) is 0. The molecule has 0 aromatic heterocycles. The summed E-state index contributed by atoms with van der Waals surface area (Å²) in [6.07, 6.45) is 0.902. The fourth-order valence-corrected chi connectivity index (χ4v) is 2.51. The van der Waals surface area contributed by atoms with Crippen LogP contribution in [0, 0.1) is 0 Å². The van der Waals surface area contributed by atoms with Gasteiger partial charge in [-0.2, -0.15) is 0 Å². The highest BCUT2D eigenvalue weighted by atomic mass is 16.5. The smallest absolute Gasteiger partial charge is 0.119 e. The molecule has 1 aliphatic heterocycles. The summed E-state index contributed by atoms with van der Waals surface area (Å²) in [6.45, 7) is 2.57. The number of hydrogen-bond donors (Lipinski definition) is 2. The first-order chi connectivity index (χ1) is 9.83. The van der Waals surface area contributed by atoms with E-state index < -0.39 is 0 Å². The number of morpholine rings is 1. The third-order valence-corrected chi connectivity index (χ3v) is 3.67. The maximum atomic E-state index is 9.80. The van der Waals surface area contributed by atoms with Crippen LogP contribution in [0.2, 0.25) is 0 Å². The van der Waals surface area contributed by atoms with Gasteiger partial charge in [0.25, 0.3) is 0 Å². The topological polar surface area (TPSA) is 41.5 Å². The average Bonchev–Trinajstić information content (AvgIpc) is 2.51. The van der Waals surface area contributed by atoms with E-state index in [-0.39, 0.29) is 6.10 Å². The fourth-order valence-electron chi connectivity index (χ4n) is 2.51. The number of para-hydroxylation sites is 1. The van der Waals surface area contributed by atoms with Crippen LogP contribution < -0.4 is 5.32 Å². The Labute approximate surface area is 119 Å². The number of ether oxygens (including phenoxy) is 1. The molecule has 1 fully saturated rings. The van der Waals surface area contributed by atoms with Crippen molar-refractivity contribution in [1.82, 2.24) is 5.32 Å². The molecule has 104 valence electrons. The molecular weight excluding hydrogens is 250 g/mol. The molecule has 0 aliphatic carbocycles. The minimum absolute atomic E-state index is 0.155. The van der Waals surface area contributed by atoms with Crippen molar-refractivity contribution in [2.75, 3.05) is 19.7 Å². The van der Waals surface area contributed by atoms with Crippen LogP contribution in [-0.4, -0.2) is 24.8 Å². The van der Waals surface area contributed by atoms with Gasteiger partial charge in [0.15, 0.2) is 0 Å². The minimum atomic E-state index is 0.155. The summed E-state index contributed by atoms with van der Waals surface area (Å²) in [7, 11) is 0. The number of benzene rings is 2. The normalized spacial score (nSPS) is 18.9. The van der Waals surface area contributed by atoms with Gasteiger partial charge in [-0.1, -0.05) is 42.5 Å². The molecule has 1 aliphatic rings. The van der Waals surface area contributed by atoms with E-state index in [4.69, 9.17) is 4.74 Å². The van der Waals surface area contributed by atoms with Crippen molar-refractivity contribution in [1.29, 1.82) is 0 Å². The van der Waals surface area contributed by atoms with Gasteiger partial charge >= 0.3 is 0 Å². The predicted molar refractivity (Wildman–Crippen MR) is 78.9 cm³/mol. The lowest BCUT2D eigenvalue weighted by Crippen LogP contribution is -2.33. The zero-order valence-corrected chi connectivity index (χ0v) is 11.4. The molecule has 1 saturated heterocycles. The Balaban J connectivity index is 1.71. The molecule has 0 amide bonds. The minimum Gasteiger partial charge on any atom is -0.508 e. The van der Waals surface area contributed by atoms with E-state index in [0.717, 1.165) is 31.7 Å². The Morgan fingerprint density at radius 2 is 1.90 bits per heavy atom. The molecule has 0 bridgehead atoms. The number of aromatic hydroxyl groups is 1. The monoisotopic (exact) mass is 269 g/mol. The Kier molecular flexibility index (Phi) is 4.00. The molecule has 3 heteroatoms. The first-order valence-corrected chi connectivity index (χ1v) is 7.01. The number of rotatable bonds is 3. The first kappa shape index (κ1) is 13.2. The molecule has 3 rings (SSSR count). The van der Waals surface area contributed by atoms with Gasteiger partial charge in [-0.3, -0.25) is 0 Å². The highest BCUT2D eigenvalue weighted by Gasteiger charge is 2.15. The van der Waals surface area contributed by atoms with Gasteiger partial charge < -0.3 is 15.2 Å². The Hall–Kier alpha value is -1.84. The van der Waals surface area contributed by atoms with E-state index in [2.05, 4.69) is 29.6 Å². The van der Waals surface area contributed by atoms with Gasteiger partial charge in [-0.05, 0) is 22.8 Å². The van der Waals surface area contributed by atoms with Gasteiger partial charge in [-0.15, -0.1) is 0 Å². The van der Waals surface area contributed by atoms with Crippen LogP contribution in [0.3, 0.4) is 0 Å². The summed E-state index contributed by atoms with van der Waals surface area (Å²) in [6, 6.07) is 15.9. The molecule has 0 saturated carbocycles. The molecule has 1 atom stereocenters. The van der Waals surface area contributed by atoms with Gasteiger partial charge in [0.1, 0.15) is 5.75 Å². The average molecular weight is 269 g/mol. The van der Waals surface area contributed by atoms with Gasteiger partial charge in [0.05, 0.1) is 12.7 Å². The van der Waals surface area contributed by atoms with Crippen molar-refractivity contribution in [3.05, 3.63) is 65.2 Å². The molecular formula is C17H19NO2. The quantitative estimate of drug-likeness (QED) is 0.900. The zero-order chi connectivity index (χ0) is 13.8. The third kappa shape index (κ3) is 3.00. The van der Waals surface area contributed by atoms with E-state index in [1.165, 1.54) is 11.1 Å². The van der Waals surface area contributed by atoms with Crippen LogP contribution in [0.25, 0.3) is 0 Å². The summed E-state index contributed by atoms with van der Waals surface area (Å²) in [5, 5.41) is 13.1. The third-order valence-electron chi connectivity index (χ3n) is 3.67. The lowest BCUT2D eigenvalue weighted by atomic mass is 10.0. The summed E-state index contributed by atoms with van der Waals surface area (Å²) < 4.78 is 5.74. The van der Waals surface area contributed by atoms with Gasteiger partial charge in [-0.25, -0.2) is 0 Å². The second kappa shape index (κ2) is 6.07. The Morgan fingerprint density at radius 3 is 2.60 bits per heavy atom. The Bertz CT molecular complexity index is 559. The van der Waals surface area contributed by atoms with Crippen LogP contribution in [0.15, 0.2) is 48.5 Å². The van der Waals surface area contributed by atoms with E-state index >= 15 is 0 Å². The highest BCUT2D eigenvalue weighted by Crippen LogP contribution is 2.22. The second-order valence-electron chi connectivity index (χ2n) is 5.11. The van der Waals surface area contributed by atoms with Crippen LogP contribution >= 0.6 is 0 Å². The molecule has 2 N–H and O–H groups in total. The maximum absolute atomic E-state index is 9.80. The SMILES string of the molecule is Oc1ccccc1Cc1ccc(C2CNCCO2)cc1. The van der Waals surface area contributed by atoms with Crippen molar-refractivity contribution >= 4 is 0 Å². The number of hydrogen-bond acceptors (Lipinski definition) is 3. The standard InChI is InChI=1S/C17H19NO2/c19-16-4-2-1-3-15(16)11-13-5-7-14(8-6-13)17-12-18-9-10-20-17/h1-8,17-19H,9-12H2. The van der Waals surface area contributed by atoms with Gasteiger partial charge in [0, 0.05) is 19.5 Å². The summed E-state index contributed by atoms with van der Waals surface area (Å²) >= 11 is 0. The van der Waals surface area contributed by atoms with Crippen molar-refractivity contribution in [2.45, 2.75) is 12.5 Å². The van der Waals surface area contributed by atoms with Crippen LogP contribution in [-0.2, 0) is 11.2 Å². The summed E-state index contributed by atoms with van der Waals surface area (Å²) in [5.41, 5.74) is 3.35. The van der Waals surface area contributed by atoms with E-state index in [9.17, 15) is 5.11 Å². The molecule has 2 aromatic rings. The largest absolute Gasteiger partial charge is 0.508 e. The van der Waals surface area contributed by atoms with Crippen molar-refractivity contribution in [3.8, 4) is 5.75 Å². The predicted octanol–water partition coefficient (Wildman–Crippen LogP) is 2.64. The van der Waals surface area contributed by atoms with Crippen LogP contribution in [0.1, 0.15) is 22.8 Å². The molecule has 2 aromatic carbocycles. The van der Waals surface area contributed by atoms with Crippen molar-refractivity contribution < 1.29 is 9.84 Å². The number of nitrogens with one attached hydrogen (secondary N) is 1. The molecule has 1 heterocycles. The van der Waals surface area contributed by atoms with E-state index in [0.29, 0.717) is 5.75 Å².